The summed E-state index contributed by atoms with van der Waals surface area (Å²) in [6.07, 6.45) is 59.3. The topological polar surface area (TPSA) is 42.4 Å². The zero-order chi connectivity index (χ0) is 50.4. The molecule has 0 fully saturated rings. The van der Waals surface area contributed by atoms with Crippen molar-refractivity contribution in [3.05, 3.63) is 88.0 Å². The number of Topliss-reactive ketones (excluding diaryl/α,β-unsaturated/α-hetero) is 1. The van der Waals surface area contributed by atoms with Crippen LogP contribution in [0.25, 0.3) is 16.9 Å². The molecule has 3 rings (SSSR count). The molecule has 70 heavy (non-hydrogen) atoms. The summed E-state index contributed by atoms with van der Waals surface area (Å²) in [4.78, 5) is 15.9. The first-order chi connectivity index (χ1) is 34.5. The zero-order valence-corrected chi connectivity index (χ0v) is 48.5. The molecule has 0 radical (unpaired) electrons. The predicted octanol–water partition coefficient (Wildman–Crippen LogP) is 23.2. The molecule has 0 aromatic heterocycles. The number of ketones is 1. The van der Waals surface area contributed by atoms with Gasteiger partial charge >= 0.3 is 93.0 Å². The van der Waals surface area contributed by atoms with Crippen LogP contribution in [0.15, 0.2) is 60.2 Å². The summed E-state index contributed by atoms with van der Waals surface area (Å²) >= 11 is 1.07. The number of hydrogen-bond acceptors (Lipinski definition) is 1. The van der Waals surface area contributed by atoms with Crippen molar-refractivity contribution >= 4 is 17.2 Å². The summed E-state index contributed by atoms with van der Waals surface area (Å²) in [7, 11) is 0. The molecule has 0 saturated heterocycles. The molecule has 0 N–H and O–H groups in total. The molecule has 1 heterocycles. The molecular weight excluding hydrogens is 943 g/mol. The second kappa shape index (κ2) is 46.6. The van der Waals surface area contributed by atoms with Crippen LogP contribution < -0.4 is 0 Å². The van der Waals surface area contributed by atoms with Crippen LogP contribution in [0.2, 0.25) is 9.79 Å². The fraction of sp³-hybridized carbons (Fsp3) is 0.742. The van der Waals surface area contributed by atoms with Gasteiger partial charge in [0.1, 0.15) is 0 Å². The van der Waals surface area contributed by atoms with E-state index in [9.17, 15) is 10.3 Å². The molecule has 4 heteroatoms. The minimum absolute atomic E-state index is 0.221. The molecule has 2 aromatic rings. The molecule has 0 aliphatic carbocycles. The van der Waals surface area contributed by atoms with Crippen molar-refractivity contribution in [1.82, 2.24) is 0 Å². The van der Waals surface area contributed by atoms with Crippen molar-refractivity contribution in [2.24, 2.45) is 0 Å². The van der Waals surface area contributed by atoms with Crippen LogP contribution in [0, 0.1) is 0 Å². The molecular formula is C66H112N2OPd. The normalized spacial score (nSPS) is 12.5. The number of nitrogens with zero attached hydrogens (tertiary/aromatic N) is 2. The van der Waals surface area contributed by atoms with E-state index in [4.69, 9.17) is 0 Å². The van der Waals surface area contributed by atoms with E-state index >= 15 is 0 Å². The van der Waals surface area contributed by atoms with Gasteiger partial charge in [-0.3, -0.25) is 4.79 Å². The first-order valence-electron chi connectivity index (χ1n) is 30.6. The summed E-state index contributed by atoms with van der Waals surface area (Å²) < 4.78 is 1.34. The van der Waals surface area contributed by atoms with E-state index in [0.29, 0.717) is 6.42 Å². The Hall–Kier alpha value is -2.15. The van der Waals surface area contributed by atoms with Crippen LogP contribution in [0.3, 0.4) is 0 Å². The van der Waals surface area contributed by atoms with Crippen LogP contribution >= 0.6 is 0 Å². The molecule has 402 valence electrons. The molecule has 1 aliphatic rings. The third-order valence-corrected chi connectivity index (χ3v) is 16.8. The Morgan fingerprint density at radius 2 is 0.814 bits per heavy atom. The third kappa shape index (κ3) is 32.8. The molecule has 0 unspecified atom stereocenters. The Bertz CT molecular complexity index is 1600. The predicted molar refractivity (Wildman–Crippen MR) is 307 cm³/mol. The number of benzene rings is 2. The third-order valence-electron chi connectivity index (χ3n) is 14.6. The Labute approximate surface area is 444 Å². The fourth-order valence-electron chi connectivity index (χ4n) is 9.98. The second-order valence-corrected chi connectivity index (χ2v) is 23.6. The van der Waals surface area contributed by atoms with Gasteiger partial charge in [-0.1, -0.05) is 231 Å². The van der Waals surface area contributed by atoms with Gasteiger partial charge in [-0.15, -0.1) is 0 Å². The minimum atomic E-state index is 0.221. The van der Waals surface area contributed by atoms with Gasteiger partial charge in [0.15, 0.2) is 5.78 Å². The van der Waals surface area contributed by atoms with Gasteiger partial charge in [-0.05, 0) is 56.0 Å². The van der Waals surface area contributed by atoms with Gasteiger partial charge in [0.25, 0.3) is 0 Å². The van der Waals surface area contributed by atoms with Crippen molar-refractivity contribution in [3.63, 3.8) is 0 Å². The number of carbonyl (C=O) groups excluding carboxylic acids is 1. The van der Waals surface area contributed by atoms with Gasteiger partial charge in [-0.2, -0.15) is 0 Å². The average molecular weight is 1060 g/mol. The van der Waals surface area contributed by atoms with Crippen molar-refractivity contribution < 1.29 is 27.5 Å². The monoisotopic (exact) mass is 1050 g/mol. The van der Waals surface area contributed by atoms with Gasteiger partial charge in [0.2, 0.25) is 11.4 Å². The molecule has 1 aliphatic heterocycles. The maximum absolute atomic E-state index is 12.9. The number of unbranched alkanes of at least 4 members (excludes halogenated alkanes) is 36. The van der Waals surface area contributed by atoms with E-state index in [2.05, 4.69) is 65.0 Å². The van der Waals surface area contributed by atoms with Crippen LogP contribution in [-0.4, -0.2) is 10.5 Å². The van der Waals surface area contributed by atoms with Gasteiger partial charge in [-0.25, -0.2) is 4.70 Å². The summed E-state index contributed by atoms with van der Waals surface area (Å²) in [5, 5.41) is 0. The van der Waals surface area contributed by atoms with E-state index in [1.54, 1.807) is 0 Å². The Morgan fingerprint density at radius 3 is 1.23 bits per heavy atom. The summed E-state index contributed by atoms with van der Waals surface area (Å²) in [5.41, 5.74) is 18.1. The second-order valence-electron chi connectivity index (χ2n) is 21.3. The van der Waals surface area contributed by atoms with Crippen molar-refractivity contribution in [2.45, 2.75) is 314 Å². The number of rotatable bonds is 47. The first kappa shape index (κ1) is 64.0. The van der Waals surface area contributed by atoms with Crippen molar-refractivity contribution in [1.29, 1.82) is 0 Å². The first-order valence-corrected chi connectivity index (χ1v) is 32.8. The molecule has 0 bridgehead atoms. The van der Waals surface area contributed by atoms with Crippen molar-refractivity contribution in [2.75, 3.05) is 0 Å². The number of carbonyl (C=O) groups is 1. The van der Waals surface area contributed by atoms with E-state index in [0.717, 1.165) is 70.9 Å². The van der Waals surface area contributed by atoms with E-state index in [1.807, 2.05) is 24.3 Å². The van der Waals surface area contributed by atoms with Crippen LogP contribution in [0.1, 0.15) is 325 Å². The van der Waals surface area contributed by atoms with E-state index in [1.165, 1.54) is 264 Å². The molecule has 0 atom stereocenters. The standard InChI is InChI=1S/C54H86N2O.2C6H13.Pd/c1-4-6-8-10-12-14-15-16-17-18-19-20-21-22-23-24-25-26-27-29-30-32-34-37-48-38-36-39-51(46-48)52-45-47(3)54(56(52)55)50-43-41-49(42-44-50)53(57)40-35-33-31-28-13-11-9-7-5-2;2*1-3-5-6-4-2;/h36,38-39,41-46H,4-35,37,40H2,1-3H3;2*1,3-6H2,2H3;. The summed E-state index contributed by atoms with van der Waals surface area (Å²) in [6.45, 7) is 11.2. The molecule has 0 amide bonds. The van der Waals surface area contributed by atoms with Gasteiger partial charge < -0.3 is 5.53 Å². The molecule has 0 spiro atoms. The Balaban J connectivity index is 0.00000112. The molecule has 0 saturated carbocycles. The summed E-state index contributed by atoms with van der Waals surface area (Å²) in [6, 6.07) is 16.5. The van der Waals surface area contributed by atoms with Crippen LogP contribution in [0.4, 0.5) is 0 Å². The number of allylic oxidation sites excluding steroid dienone is 2. The molecule has 3 nitrogen and oxygen atoms in total. The fourth-order valence-corrected chi connectivity index (χ4v) is 11.9. The summed E-state index contributed by atoms with van der Waals surface area (Å²) in [5.74, 6) is 0.221. The SMILES string of the molecule is CCCCCCCCCCCCCCCCCCCCCCCCCc1cccc(C2=CC(C)=C(c3ccc(C(=O)CCCCCCCCCCC)cc3)[N+]2=[N-])c1.CCCCC[CH2][Pd][CH2]CCCCC. The zero-order valence-electron chi connectivity index (χ0n) is 46.9. The van der Waals surface area contributed by atoms with Crippen molar-refractivity contribution in [3.8, 4) is 0 Å². The average Bonchev–Trinajstić information content (AvgIpc) is 3.68. The Kier molecular flexibility index (Phi) is 42.6. The van der Waals surface area contributed by atoms with E-state index < -0.39 is 0 Å². The quantitative estimate of drug-likeness (QED) is 0.0282. The molecule has 2 aromatic carbocycles. The number of aryl methyl sites for hydroxylation is 1. The van der Waals surface area contributed by atoms with Crippen LogP contribution in [-0.2, 0) is 24.4 Å². The van der Waals surface area contributed by atoms with Crippen LogP contribution in [0.5, 0.6) is 0 Å². The maximum atomic E-state index is 12.9. The van der Waals surface area contributed by atoms with Gasteiger partial charge in [0, 0.05) is 34.8 Å². The number of hydrogen-bond donors (Lipinski definition) is 0. The van der Waals surface area contributed by atoms with Gasteiger partial charge in [0.05, 0.1) is 0 Å². The Morgan fingerprint density at radius 1 is 0.443 bits per heavy atom. The van der Waals surface area contributed by atoms with E-state index in [-0.39, 0.29) is 5.78 Å².